The molecule has 0 radical (unpaired) electrons. The average Bonchev–Trinajstić information content (AvgIpc) is 2.41. The summed E-state index contributed by atoms with van der Waals surface area (Å²) >= 11 is 5.98. The Kier molecular flexibility index (Phi) is 4.91. The first-order chi connectivity index (χ1) is 9.99. The number of aromatic nitrogens is 2. The molecule has 0 aliphatic rings. The van der Waals surface area contributed by atoms with Crippen LogP contribution in [-0.2, 0) is 6.42 Å². The third kappa shape index (κ3) is 4.02. The smallest absolute Gasteiger partial charge is 0.255 e. The summed E-state index contributed by atoms with van der Waals surface area (Å²) in [7, 11) is 0. The van der Waals surface area contributed by atoms with E-state index >= 15 is 0 Å². The SMILES string of the molecule is CCCc1cc(C(=O)Nc2ccc(C)nc2C)cc(Cl)n1. The average molecular weight is 304 g/mol. The van der Waals surface area contributed by atoms with Crippen LogP contribution >= 0.6 is 11.6 Å². The van der Waals surface area contributed by atoms with Crippen molar-refractivity contribution >= 4 is 23.2 Å². The number of anilines is 1. The molecule has 4 nitrogen and oxygen atoms in total. The number of pyridine rings is 2. The largest absolute Gasteiger partial charge is 0.320 e. The number of hydrogen-bond acceptors (Lipinski definition) is 3. The highest BCUT2D eigenvalue weighted by molar-refractivity contribution is 6.29. The Balaban J connectivity index is 2.23. The second kappa shape index (κ2) is 6.68. The molecule has 2 heterocycles. The van der Waals surface area contributed by atoms with Gasteiger partial charge in [0.05, 0.1) is 11.4 Å². The maximum Gasteiger partial charge on any atom is 0.255 e. The van der Waals surface area contributed by atoms with E-state index in [1.54, 1.807) is 12.1 Å². The molecule has 21 heavy (non-hydrogen) atoms. The number of carbonyl (C=O) groups excluding carboxylic acids is 1. The van der Waals surface area contributed by atoms with Crippen LogP contribution < -0.4 is 5.32 Å². The number of nitrogens with one attached hydrogen (secondary N) is 1. The number of aryl methyl sites for hydroxylation is 3. The topological polar surface area (TPSA) is 54.9 Å². The zero-order valence-corrected chi connectivity index (χ0v) is 13.2. The van der Waals surface area contributed by atoms with Crippen LogP contribution in [0.2, 0.25) is 5.15 Å². The molecule has 0 aliphatic heterocycles. The molecule has 0 saturated heterocycles. The van der Waals surface area contributed by atoms with E-state index in [2.05, 4.69) is 22.2 Å². The van der Waals surface area contributed by atoms with Gasteiger partial charge in [0, 0.05) is 17.0 Å². The molecule has 2 rings (SSSR count). The Morgan fingerprint density at radius 2 is 2.00 bits per heavy atom. The Hall–Kier alpha value is -1.94. The van der Waals surface area contributed by atoms with Crippen LogP contribution in [-0.4, -0.2) is 15.9 Å². The first kappa shape index (κ1) is 15.4. The lowest BCUT2D eigenvalue weighted by molar-refractivity contribution is 0.102. The van der Waals surface area contributed by atoms with Crippen LogP contribution in [0.15, 0.2) is 24.3 Å². The lowest BCUT2D eigenvalue weighted by atomic mass is 10.1. The second-order valence-corrected chi connectivity index (χ2v) is 5.35. The van der Waals surface area contributed by atoms with Crippen LogP contribution in [0.3, 0.4) is 0 Å². The van der Waals surface area contributed by atoms with Gasteiger partial charge in [-0.25, -0.2) is 4.98 Å². The molecule has 2 aromatic rings. The van der Waals surface area contributed by atoms with Gasteiger partial charge in [0.15, 0.2) is 0 Å². The molecule has 0 aromatic carbocycles. The summed E-state index contributed by atoms with van der Waals surface area (Å²) in [4.78, 5) is 20.9. The van der Waals surface area contributed by atoms with Crippen LogP contribution in [0, 0.1) is 13.8 Å². The molecule has 0 aliphatic carbocycles. The molecule has 0 unspecified atom stereocenters. The van der Waals surface area contributed by atoms with E-state index in [1.807, 2.05) is 26.0 Å². The number of nitrogens with zero attached hydrogens (tertiary/aromatic N) is 2. The Morgan fingerprint density at radius 3 is 2.67 bits per heavy atom. The normalized spacial score (nSPS) is 10.5. The van der Waals surface area contributed by atoms with E-state index in [1.165, 1.54) is 0 Å². The minimum atomic E-state index is -0.203. The number of carbonyl (C=O) groups is 1. The minimum absolute atomic E-state index is 0.203. The van der Waals surface area contributed by atoms with Crippen molar-refractivity contribution in [3.05, 3.63) is 52.1 Å². The predicted octanol–water partition coefficient (Wildman–Crippen LogP) is 3.95. The third-order valence-corrected chi connectivity index (χ3v) is 3.28. The summed E-state index contributed by atoms with van der Waals surface area (Å²) in [5.74, 6) is -0.203. The molecule has 1 N–H and O–H groups in total. The molecule has 0 spiro atoms. The van der Waals surface area contributed by atoms with Gasteiger partial charge in [-0.3, -0.25) is 9.78 Å². The van der Waals surface area contributed by atoms with Crippen LogP contribution in [0.5, 0.6) is 0 Å². The molecule has 0 saturated carbocycles. The van der Waals surface area contributed by atoms with E-state index < -0.39 is 0 Å². The Bertz CT molecular complexity index is 671. The summed E-state index contributed by atoms with van der Waals surface area (Å²) in [5.41, 5.74) is 3.75. The monoisotopic (exact) mass is 303 g/mol. The Labute approximate surface area is 129 Å². The first-order valence-electron chi connectivity index (χ1n) is 6.91. The van der Waals surface area contributed by atoms with Crippen molar-refractivity contribution in [2.45, 2.75) is 33.6 Å². The highest BCUT2D eigenvalue weighted by atomic mass is 35.5. The quantitative estimate of drug-likeness (QED) is 0.870. The number of amides is 1. The number of hydrogen-bond donors (Lipinski definition) is 1. The predicted molar refractivity (Wildman–Crippen MR) is 84.9 cm³/mol. The molecule has 110 valence electrons. The lowest BCUT2D eigenvalue weighted by Crippen LogP contribution is -2.14. The van der Waals surface area contributed by atoms with Gasteiger partial charge < -0.3 is 5.32 Å². The van der Waals surface area contributed by atoms with Gasteiger partial charge in [-0.15, -0.1) is 0 Å². The van der Waals surface area contributed by atoms with Crippen molar-refractivity contribution in [3.8, 4) is 0 Å². The molecule has 0 bridgehead atoms. The van der Waals surface area contributed by atoms with E-state index in [4.69, 9.17) is 11.6 Å². The van der Waals surface area contributed by atoms with Crippen molar-refractivity contribution in [2.75, 3.05) is 5.32 Å². The van der Waals surface area contributed by atoms with Gasteiger partial charge in [0.2, 0.25) is 0 Å². The molecule has 1 amide bonds. The van der Waals surface area contributed by atoms with E-state index in [9.17, 15) is 4.79 Å². The van der Waals surface area contributed by atoms with Crippen molar-refractivity contribution in [1.29, 1.82) is 0 Å². The van der Waals surface area contributed by atoms with Crippen molar-refractivity contribution < 1.29 is 4.79 Å². The van der Waals surface area contributed by atoms with Gasteiger partial charge >= 0.3 is 0 Å². The molecule has 0 fully saturated rings. The van der Waals surface area contributed by atoms with Crippen LogP contribution in [0.25, 0.3) is 0 Å². The molecule has 5 heteroatoms. The van der Waals surface area contributed by atoms with Crippen LogP contribution in [0.1, 0.15) is 40.8 Å². The summed E-state index contributed by atoms with van der Waals surface area (Å²) in [6, 6.07) is 7.07. The maximum absolute atomic E-state index is 12.3. The van der Waals surface area contributed by atoms with E-state index in [0.29, 0.717) is 16.4 Å². The van der Waals surface area contributed by atoms with Gasteiger partial charge in [-0.2, -0.15) is 0 Å². The maximum atomic E-state index is 12.3. The summed E-state index contributed by atoms with van der Waals surface area (Å²) in [5, 5.41) is 3.20. The van der Waals surface area contributed by atoms with Gasteiger partial charge in [0.1, 0.15) is 5.15 Å². The highest BCUT2D eigenvalue weighted by Crippen LogP contribution is 2.17. The standard InChI is InChI=1S/C16H18ClN3O/c1-4-5-13-8-12(9-15(17)19-13)16(21)20-14-7-6-10(2)18-11(14)3/h6-9H,4-5H2,1-3H3,(H,20,21). The third-order valence-electron chi connectivity index (χ3n) is 3.09. The van der Waals surface area contributed by atoms with E-state index in [0.717, 1.165) is 29.9 Å². The van der Waals surface area contributed by atoms with Gasteiger partial charge in [0.25, 0.3) is 5.91 Å². The molecular weight excluding hydrogens is 286 g/mol. The van der Waals surface area contributed by atoms with E-state index in [-0.39, 0.29) is 5.91 Å². The summed E-state index contributed by atoms with van der Waals surface area (Å²) in [6.07, 6.45) is 1.75. The number of rotatable bonds is 4. The van der Waals surface area contributed by atoms with Crippen LogP contribution in [0.4, 0.5) is 5.69 Å². The lowest BCUT2D eigenvalue weighted by Gasteiger charge is -2.09. The first-order valence-corrected chi connectivity index (χ1v) is 7.29. The number of halogens is 1. The minimum Gasteiger partial charge on any atom is -0.320 e. The fourth-order valence-electron chi connectivity index (χ4n) is 2.08. The second-order valence-electron chi connectivity index (χ2n) is 4.96. The van der Waals surface area contributed by atoms with Crippen molar-refractivity contribution in [3.63, 3.8) is 0 Å². The summed E-state index contributed by atoms with van der Waals surface area (Å²) < 4.78 is 0. The summed E-state index contributed by atoms with van der Waals surface area (Å²) in [6.45, 7) is 5.84. The molecule has 2 aromatic heterocycles. The fraction of sp³-hybridized carbons (Fsp3) is 0.312. The molecule has 0 atom stereocenters. The Morgan fingerprint density at radius 1 is 1.24 bits per heavy atom. The zero-order valence-electron chi connectivity index (χ0n) is 12.4. The van der Waals surface area contributed by atoms with Crippen molar-refractivity contribution in [1.82, 2.24) is 9.97 Å². The highest BCUT2D eigenvalue weighted by Gasteiger charge is 2.11. The van der Waals surface area contributed by atoms with Crippen molar-refractivity contribution in [2.24, 2.45) is 0 Å². The fourth-order valence-corrected chi connectivity index (χ4v) is 2.31. The zero-order chi connectivity index (χ0) is 15.4. The molecular formula is C16H18ClN3O. The van der Waals surface area contributed by atoms with Gasteiger partial charge in [-0.05, 0) is 44.5 Å². The van der Waals surface area contributed by atoms with Gasteiger partial charge in [-0.1, -0.05) is 24.9 Å².